The van der Waals surface area contributed by atoms with Gasteiger partial charge in [0, 0.05) is 25.3 Å². The Kier molecular flexibility index (Phi) is 5.20. The average molecular weight is 261 g/mol. The summed E-state index contributed by atoms with van der Waals surface area (Å²) in [6, 6.07) is 4.34. The van der Waals surface area contributed by atoms with E-state index in [2.05, 4.69) is 47.7 Å². The van der Waals surface area contributed by atoms with Gasteiger partial charge in [0.15, 0.2) is 0 Å². The van der Waals surface area contributed by atoms with Crippen molar-refractivity contribution in [1.29, 1.82) is 0 Å². The van der Waals surface area contributed by atoms with Crippen molar-refractivity contribution in [2.45, 2.75) is 40.0 Å². The first-order valence-corrected chi connectivity index (χ1v) is 7.61. The number of piperidine rings is 1. The fraction of sp³-hybridized carbons (Fsp3) is 0.688. The zero-order valence-corrected chi connectivity index (χ0v) is 12.7. The van der Waals surface area contributed by atoms with Crippen molar-refractivity contribution in [3.63, 3.8) is 0 Å². The van der Waals surface area contributed by atoms with E-state index in [-0.39, 0.29) is 0 Å². The van der Waals surface area contributed by atoms with Crippen LogP contribution in [-0.2, 0) is 0 Å². The third-order valence-corrected chi connectivity index (χ3v) is 3.92. The highest BCUT2D eigenvalue weighted by atomic mass is 15.2. The van der Waals surface area contributed by atoms with Gasteiger partial charge >= 0.3 is 0 Å². The molecule has 2 heterocycles. The maximum absolute atomic E-state index is 4.68. The minimum Gasteiger partial charge on any atom is -0.356 e. The van der Waals surface area contributed by atoms with Crippen molar-refractivity contribution < 1.29 is 0 Å². The molecule has 0 amide bonds. The van der Waals surface area contributed by atoms with Crippen LogP contribution in [-0.4, -0.2) is 42.6 Å². The van der Waals surface area contributed by atoms with Gasteiger partial charge in [-0.3, -0.25) is 0 Å². The third-order valence-electron chi connectivity index (χ3n) is 3.92. The lowest BCUT2D eigenvalue weighted by Gasteiger charge is -2.30. The molecule has 1 aliphatic rings. The number of hydrogen-bond acceptors (Lipinski definition) is 3. The van der Waals surface area contributed by atoms with Crippen LogP contribution in [0.2, 0.25) is 0 Å². The highest BCUT2D eigenvalue weighted by Gasteiger charge is 2.12. The SMILES string of the molecule is CCN(CCN1CCCCC1)c1cc(C)cc(C)n1. The van der Waals surface area contributed by atoms with Gasteiger partial charge in [-0.25, -0.2) is 4.98 Å². The van der Waals surface area contributed by atoms with E-state index in [0.29, 0.717) is 0 Å². The summed E-state index contributed by atoms with van der Waals surface area (Å²) in [5.74, 6) is 1.14. The zero-order valence-electron chi connectivity index (χ0n) is 12.7. The minimum atomic E-state index is 1.03. The molecule has 0 N–H and O–H groups in total. The number of likely N-dealkylation sites (tertiary alicyclic amines) is 1. The Hall–Kier alpha value is -1.09. The van der Waals surface area contributed by atoms with Gasteiger partial charge in [-0.2, -0.15) is 0 Å². The molecule has 0 spiro atoms. The summed E-state index contributed by atoms with van der Waals surface area (Å²) in [5.41, 5.74) is 2.42. The van der Waals surface area contributed by atoms with Crippen LogP contribution < -0.4 is 4.90 Å². The maximum Gasteiger partial charge on any atom is 0.129 e. The molecule has 0 unspecified atom stereocenters. The number of hydrogen-bond donors (Lipinski definition) is 0. The minimum absolute atomic E-state index is 1.03. The van der Waals surface area contributed by atoms with Crippen LogP contribution in [0.5, 0.6) is 0 Å². The van der Waals surface area contributed by atoms with E-state index in [1.807, 2.05) is 0 Å². The maximum atomic E-state index is 4.68. The van der Waals surface area contributed by atoms with Crippen LogP contribution in [0.25, 0.3) is 0 Å². The molecule has 1 fully saturated rings. The van der Waals surface area contributed by atoms with E-state index in [0.717, 1.165) is 24.6 Å². The normalized spacial score (nSPS) is 16.6. The van der Waals surface area contributed by atoms with Crippen LogP contribution >= 0.6 is 0 Å². The van der Waals surface area contributed by atoms with Gasteiger partial charge in [0.2, 0.25) is 0 Å². The number of pyridine rings is 1. The molecule has 2 rings (SSSR count). The number of aryl methyl sites for hydroxylation is 2. The van der Waals surface area contributed by atoms with Crippen LogP contribution in [0, 0.1) is 13.8 Å². The highest BCUT2D eigenvalue weighted by Crippen LogP contribution is 2.15. The first-order valence-electron chi connectivity index (χ1n) is 7.61. The van der Waals surface area contributed by atoms with Crippen molar-refractivity contribution in [3.8, 4) is 0 Å². The van der Waals surface area contributed by atoms with Crippen molar-refractivity contribution in [2.75, 3.05) is 37.6 Å². The molecule has 0 bridgehead atoms. The summed E-state index contributed by atoms with van der Waals surface area (Å²) < 4.78 is 0. The molecule has 3 heteroatoms. The zero-order chi connectivity index (χ0) is 13.7. The van der Waals surface area contributed by atoms with Crippen molar-refractivity contribution in [1.82, 2.24) is 9.88 Å². The van der Waals surface area contributed by atoms with E-state index in [1.165, 1.54) is 44.5 Å². The topological polar surface area (TPSA) is 19.4 Å². The van der Waals surface area contributed by atoms with Gasteiger partial charge in [-0.15, -0.1) is 0 Å². The fourth-order valence-corrected chi connectivity index (χ4v) is 2.86. The van der Waals surface area contributed by atoms with Gasteiger partial charge in [-0.1, -0.05) is 6.42 Å². The second kappa shape index (κ2) is 6.90. The van der Waals surface area contributed by atoms with Gasteiger partial charge in [-0.05, 0) is 64.4 Å². The monoisotopic (exact) mass is 261 g/mol. The molecular weight excluding hydrogens is 234 g/mol. The summed E-state index contributed by atoms with van der Waals surface area (Å²) in [5, 5.41) is 0. The number of nitrogens with zero attached hydrogens (tertiary/aromatic N) is 3. The second-order valence-electron chi connectivity index (χ2n) is 5.63. The fourth-order valence-electron chi connectivity index (χ4n) is 2.86. The number of aromatic nitrogens is 1. The first-order chi connectivity index (χ1) is 9.19. The molecule has 0 radical (unpaired) electrons. The molecule has 0 aromatic carbocycles. The second-order valence-corrected chi connectivity index (χ2v) is 5.63. The third kappa shape index (κ3) is 4.20. The van der Waals surface area contributed by atoms with Gasteiger partial charge in [0.05, 0.1) is 0 Å². The standard InChI is InChI=1S/C16H27N3/c1-4-19(11-10-18-8-6-5-7-9-18)16-13-14(2)12-15(3)17-16/h12-13H,4-11H2,1-3H3. The van der Waals surface area contributed by atoms with Crippen LogP contribution in [0.3, 0.4) is 0 Å². The quantitative estimate of drug-likeness (QED) is 0.812. The summed E-state index contributed by atoms with van der Waals surface area (Å²) in [6.45, 7) is 12.3. The van der Waals surface area contributed by atoms with E-state index >= 15 is 0 Å². The lowest BCUT2D eigenvalue weighted by molar-refractivity contribution is 0.233. The Morgan fingerprint density at radius 3 is 2.53 bits per heavy atom. The molecule has 0 saturated carbocycles. The Balaban J connectivity index is 1.95. The highest BCUT2D eigenvalue weighted by molar-refractivity contribution is 5.42. The summed E-state index contributed by atoms with van der Waals surface area (Å²) in [7, 11) is 0. The first kappa shape index (κ1) is 14.3. The lowest BCUT2D eigenvalue weighted by atomic mass is 10.1. The van der Waals surface area contributed by atoms with Crippen LogP contribution in [0.1, 0.15) is 37.4 Å². The predicted octanol–water partition coefficient (Wildman–Crippen LogP) is 3.01. The van der Waals surface area contributed by atoms with Crippen molar-refractivity contribution in [2.24, 2.45) is 0 Å². The van der Waals surface area contributed by atoms with Crippen molar-refractivity contribution >= 4 is 5.82 Å². The Bertz CT molecular complexity index is 377. The molecule has 0 atom stereocenters. The largest absolute Gasteiger partial charge is 0.356 e. The Morgan fingerprint density at radius 1 is 1.16 bits per heavy atom. The molecule has 19 heavy (non-hydrogen) atoms. The predicted molar refractivity (Wildman–Crippen MR) is 81.9 cm³/mol. The number of anilines is 1. The number of rotatable bonds is 5. The molecule has 1 aromatic rings. The van der Waals surface area contributed by atoms with E-state index in [4.69, 9.17) is 0 Å². The van der Waals surface area contributed by atoms with E-state index in [9.17, 15) is 0 Å². The molecular formula is C16H27N3. The lowest BCUT2D eigenvalue weighted by Crippen LogP contribution is -2.38. The Morgan fingerprint density at radius 2 is 1.89 bits per heavy atom. The van der Waals surface area contributed by atoms with Crippen LogP contribution in [0.15, 0.2) is 12.1 Å². The molecule has 0 aliphatic carbocycles. The smallest absolute Gasteiger partial charge is 0.129 e. The van der Waals surface area contributed by atoms with E-state index in [1.54, 1.807) is 0 Å². The average Bonchev–Trinajstić information content (AvgIpc) is 2.39. The summed E-state index contributed by atoms with van der Waals surface area (Å²) in [4.78, 5) is 9.67. The Labute approximate surface area is 117 Å². The van der Waals surface area contributed by atoms with Crippen molar-refractivity contribution in [3.05, 3.63) is 23.4 Å². The van der Waals surface area contributed by atoms with Gasteiger partial charge < -0.3 is 9.80 Å². The van der Waals surface area contributed by atoms with Crippen LogP contribution in [0.4, 0.5) is 5.82 Å². The molecule has 106 valence electrons. The summed E-state index contributed by atoms with van der Waals surface area (Å²) >= 11 is 0. The summed E-state index contributed by atoms with van der Waals surface area (Å²) in [6.07, 6.45) is 4.15. The molecule has 3 nitrogen and oxygen atoms in total. The number of likely N-dealkylation sites (N-methyl/N-ethyl adjacent to an activating group) is 1. The molecule has 1 saturated heterocycles. The molecule has 1 aliphatic heterocycles. The van der Waals surface area contributed by atoms with Gasteiger partial charge in [0.25, 0.3) is 0 Å². The van der Waals surface area contributed by atoms with Gasteiger partial charge in [0.1, 0.15) is 5.82 Å². The molecule has 1 aromatic heterocycles. The van der Waals surface area contributed by atoms with E-state index < -0.39 is 0 Å².